The number of aliphatic hydroxyl groups excluding tert-OH is 2. The highest BCUT2D eigenvalue weighted by atomic mass is 16.5. The van der Waals surface area contributed by atoms with Crippen molar-refractivity contribution in [1.29, 1.82) is 0 Å². The zero-order chi connectivity index (χ0) is 23.2. The molecule has 1 saturated heterocycles. The van der Waals surface area contributed by atoms with Crippen LogP contribution in [-0.4, -0.2) is 84.9 Å². The molecule has 33 heavy (non-hydrogen) atoms. The standard InChI is InChI=1S/C24H35N5O4/c1-25-14-20(31)15-33-21-5-3-4-16(10-21)24-27-22(26-17-11-19(30)12-17)13-23(28-24)29(2)18-6-8-32-9-7-18/h3-5,10,13,17-20,25,30-31H,6-9,11-12,14-15H2,1-2H3,(H,26,27,28). The minimum Gasteiger partial charge on any atom is -0.491 e. The Bertz CT molecular complexity index is 902. The van der Waals surface area contributed by atoms with E-state index in [0.29, 0.717) is 24.2 Å². The summed E-state index contributed by atoms with van der Waals surface area (Å²) >= 11 is 0. The van der Waals surface area contributed by atoms with Crippen LogP contribution in [0, 0.1) is 0 Å². The average Bonchev–Trinajstić information content (AvgIpc) is 2.82. The number of hydrogen-bond acceptors (Lipinski definition) is 9. The third-order valence-electron chi connectivity index (χ3n) is 6.25. The molecule has 1 aliphatic heterocycles. The molecule has 2 fully saturated rings. The summed E-state index contributed by atoms with van der Waals surface area (Å²) in [5.74, 6) is 2.87. The lowest BCUT2D eigenvalue weighted by atomic mass is 9.89. The van der Waals surface area contributed by atoms with E-state index in [4.69, 9.17) is 19.4 Å². The largest absolute Gasteiger partial charge is 0.491 e. The summed E-state index contributed by atoms with van der Waals surface area (Å²) < 4.78 is 11.3. The van der Waals surface area contributed by atoms with Crippen molar-refractivity contribution >= 4 is 11.6 Å². The Morgan fingerprint density at radius 2 is 2.00 bits per heavy atom. The molecule has 4 N–H and O–H groups in total. The molecule has 180 valence electrons. The maximum absolute atomic E-state index is 9.93. The second-order valence-electron chi connectivity index (χ2n) is 8.91. The van der Waals surface area contributed by atoms with Crippen molar-refractivity contribution < 1.29 is 19.7 Å². The topological polar surface area (TPSA) is 112 Å². The molecule has 9 heteroatoms. The number of rotatable bonds is 10. The number of hydrogen-bond donors (Lipinski definition) is 4. The van der Waals surface area contributed by atoms with Crippen LogP contribution < -0.4 is 20.3 Å². The van der Waals surface area contributed by atoms with E-state index >= 15 is 0 Å². The molecule has 2 aliphatic rings. The highest BCUT2D eigenvalue weighted by Gasteiger charge is 2.28. The first-order valence-electron chi connectivity index (χ1n) is 11.7. The fraction of sp³-hybridized carbons (Fsp3) is 0.583. The molecule has 1 aliphatic carbocycles. The number of ether oxygens (including phenoxy) is 2. The number of benzene rings is 1. The van der Waals surface area contributed by atoms with Crippen molar-refractivity contribution in [2.24, 2.45) is 0 Å². The van der Waals surface area contributed by atoms with Gasteiger partial charge in [-0.2, -0.15) is 0 Å². The maximum Gasteiger partial charge on any atom is 0.163 e. The molecule has 1 unspecified atom stereocenters. The van der Waals surface area contributed by atoms with E-state index in [1.807, 2.05) is 30.3 Å². The predicted octanol–water partition coefficient (Wildman–Crippen LogP) is 1.65. The van der Waals surface area contributed by atoms with Crippen LogP contribution in [0.1, 0.15) is 25.7 Å². The predicted molar refractivity (Wildman–Crippen MR) is 128 cm³/mol. The molecule has 1 saturated carbocycles. The molecule has 4 rings (SSSR count). The van der Waals surface area contributed by atoms with Crippen molar-refractivity contribution in [3.63, 3.8) is 0 Å². The first-order valence-corrected chi connectivity index (χ1v) is 11.7. The molecule has 1 aromatic heterocycles. The third-order valence-corrected chi connectivity index (χ3v) is 6.25. The molecular formula is C24H35N5O4. The van der Waals surface area contributed by atoms with E-state index in [-0.39, 0.29) is 18.8 Å². The molecule has 1 aromatic carbocycles. The number of aromatic nitrogens is 2. The summed E-state index contributed by atoms with van der Waals surface area (Å²) in [4.78, 5) is 11.9. The van der Waals surface area contributed by atoms with Crippen molar-refractivity contribution in [2.75, 3.05) is 50.7 Å². The van der Waals surface area contributed by atoms with Gasteiger partial charge in [-0.3, -0.25) is 0 Å². The lowest BCUT2D eigenvalue weighted by Gasteiger charge is -2.34. The van der Waals surface area contributed by atoms with Crippen LogP contribution in [0.25, 0.3) is 11.4 Å². The zero-order valence-electron chi connectivity index (χ0n) is 19.4. The first kappa shape index (κ1) is 23.7. The Labute approximate surface area is 195 Å². The van der Waals surface area contributed by atoms with Crippen LogP contribution >= 0.6 is 0 Å². The van der Waals surface area contributed by atoms with Crippen LogP contribution in [0.3, 0.4) is 0 Å². The molecule has 0 radical (unpaired) electrons. The normalized spacial score (nSPS) is 21.8. The van der Waals surface area contributed by atoms with Crippen LogP contribution in [0.2, 0.25) is 0 Å². The van der Waals surface area contributed by atoms with Crippen LogP contribution in [0.5, 0.6) is 5.75 Å². The van der Waals surface area contributed by atoms with Gasteiger partial charge in [0.05, 0.1) is 6.10 Å². The van der Waals surface area contributed by atoms with E-state index < -0.39 is 6.10 Å². The Hall–Kier alpha value is -2.46. The quantitative estimate of drug-likeness (QED) is 0.423. The van der Waals surface area contributed by atoms with E-state index in [1.54, 1.807) is 7.05 Å². The zero-order valence-corrected chi connectivity index (χ0v) is 19.4. The molecular weight excluding hydrogens is 422 g/mol. The maximum atomic E-state index is 9.93. The van der Waals surface area contributed by atoms with Crippen LogP contribution in [0.15, 0.2) is 30.3 Å². The number of anilines is 2. The van der Waals surface area contributed by atoms with Gasteiger partial charge in [0.2, 0.25) is 0 Å². The van der Waals surface area contributed by atoms with Crippen molar-refractivity contribution in [1.82, 2.24) is 15.3 Å². The van der Waals surface area contributed by atoms with Gasteiger partial charge in [-0.25, -0.2) is 9.97 Å². The molecule has 2 aromatic rings. The van der Waals surface area contributed by atoms with Gasteiger partial charge < -0.3 is 35.2 Å². The smallest absolute Gasteiger partial charge is 0.163 e. The Kier molecular flexibility index (Phi) is 7.97. The average molecular weight is 458 g/mol. The summed E-state index contributed by atoms with van der Waals surface area (Å²) in [6.45, 7) is 2.19. The highest BCUT2D eigenvalue weighted by molar-refractivity contribution is 5.63. The lowest BCUT2D eigenvalue weighted by molar-refractivity contribution is 0.0835. The fourth-order valence-electron chi connectivity index (χ4n) is 4.20. The third kappa shape index (κ3) is 6.32. The summed E-state index contributed by atoms with van der Waals surface area (Å²) in [6, 6.07) is 10.2. The number of nitrogens with one attached hydrogen (secondary N) is 2. The van der Waals surface area contributed by atoms with Gasteiger partial charge in [0.15, 0.2) is 5.82 Å². The summed E-state index contributed by atoms with van der Waals surface area (Å²) in [5.41, 5.74) is 0.842. The minimum absolute atomic E-state index is 0.203. The minimum atomic E-state index is -0.583. The highest BCUT2D eigenvalue weighted by Crippen LogP contribution is 2.29. The molecule has 9 nitrogen and oxygen atoms in total. The van der Waals surface area contributed by atoms with E-state index in [1.165, 1.54) is 0 Å². The Balaban J connectivity index is 1.57. The van der Waals surface area contributed by atoms with Gasteiger partial charge in [0.1, 0.15) is 30.1 Å². The van der Waals surface area contributed by atoms with Crippen molar-refractivity contribution in [3.8, 4) is 17.1 Å². The van der Waals surface area contributed by atoms with Gasteiger partial charge in [-0.1, -0.05) is 12.1 Å². The molecule has 0 amide bonds. The van der Waals surface area contributed by atoms with Gasteiger partial charge in [-0.15, -0.1) is 0 Å². The molecule has 0 spiro atoms. The lowest BCUT2D eigenvalue weighted by Crippen LogP contribution is -2.39. The van der Waals surface area contributed by atoms with Gasteiger partial charge >= 0.3 is 0 Å². The van der Waals surface area contributed by atoms with Gasteiger partial charge in [-0.05, 0) is 44.9 Å². The SMILES string of the molecule is CNCC(O)COc1cccc(-c2nc(NC3CC(O)C3)cc(N(C)C3CCOCC3)n2)c1. The summed E-state index contributed by atoms with van der Waals surface area (Å²) in [7, 11) is 3.86. The second-order valence-corrected chi connectivity index (χ2v) is 8.91. The van der Waals surface area contributed by atoms with E-state index in [9.17, 15) is 10.2 Å². The van der Waals surface area contributed by atoms with E-state index in [2.05, 4.69) is 22.6 Å². The second kappa shape index (κ2) is 11.1. The number of likely N-dealkylation sites (N-methyl/N-ethyl adjacent to an activating group) is 1. The number of aliphatic hydroxyl groups is 2. The number of nitrogens with zero attached hydrogens (tertiary/aromatic N) is 3. The fourth-order valence-corrected chi connectivity index (χ4v) is 4.20. The van der Waals surface area contributed by atoms with Gasteiger partial charge in [0.25, 0.3) is 0 Å². The molecule has 2 heterocycles. The van der Waals surface area contributed by atoms with Crippen molar-refractivity contribution in [2.45, 2.75) is 50.0 Å². The van der Waals surface area contributed by atoms with Crippen LogP contribution in [-0.2, 0) is 4.74 Å². The van der Waals surface area contributed by atoms with E-state index in [0.717, 1.165) is 56.1 Å². The first-order chi connectivity index (χ1) is 16.0. The Morgan fingerprint density at radius 3 is 2.73 bits per heavy atom. The molecule has 0 bridgehead atoms. The van der Waals surface area contributed by atoms with Crippen LogP contribution in [0.4, 0.5) is 11.6 Å². The Morgan fingerprint density at radius 1 is 1.21 bits per heavy atom. The van der Waals surface area contributed by atoms with Crippen molar-refractivity contribution in [3.05, 3.63) is 30.3 Å². The summed E-state index contributed by atoms with van der Waals surface area (Å²) in [6.07, 6.45) is 2.56. The monoisotopic (exact) mass is 457 g/mol. The molecule has 1 atom stereocenters. The van der Waals surface area contributed by atoms with Gasteiger partial charge in [0, 0.05) is 50.5 Å². The summed E-state index contributed by atoms with van der Waals surface area (Å²) in [5, 5.41) is 26.0.